The van der Waals surface area contributed by atoms with E-state index in [1.165, 1.54) is 24.3 Å². The zero-order valence-corrected chi connectivity index (χ0v) is 23.7. The number of nitrogens with zero attached hydrogens (tertiary/aromatic N) is 3. The van der Waals surface area contributed by atoms with E-state index in [1.807, 2.05) is 20.8 Å². The molecule has 0 amide bonds. The number of anilines is 1. The van der Waals surface area contributed by atoms with E-state index in [0.29, 0.717) is 5.56 Å². The second kappa shape index (κ2) is 9.92. The van der Waals surface area contributed by atoms with Crippen molar-refractivity contribution in [1.29, 1.82) is 0 Å². The van der Waals surface area contributed by atoms with E-state index in [0.717, 1.165) is 23.1 Å². The summed E-state index contributed by atoms with van der Waals surface area (Å²) in [5.41, 5.74) is -1.18. The minimum absolute atomic E-state index is 0.000175. The van der Waals surface area contributed by atoms with Gasteiger partial charge in [0.25, 0.3) is 15.6 Å². The Hall–Kier alpha value is -3.49. The summed E-state index contributed by atoms with van der Waals surface area (Å²) in [6.07, 6.45) is 1.13. The van der Waals surface area contributed by atoms with E-state index in [9.17, 15) is 31.1 Å². The molecule has 0 spiro atoms. The van der Waals surface area contributed by atoms with Crippen LogP contribution < -0.4 is 15.0 Å². The van der Waals surface area contributed by atoms with Gasteiger partial charge in [0.15, 0.2) is 11.6 Å². The van der Waals surface area contributed by atoms with E-state index in [4.69, 9.17) is 11.6 Å². The van der Waals surface area contributed by atoms with Crippen molar-refractivity contribution in [2.24, 2.45) is 10.4 Å². The third kappa shape index (κ3) is 6.40. The standard InChI is InChI=1S/C24H25ClFN5O6S2/c1-24(2,3)11-18-21(32)20(23(33)31(28-18)12-13-5-7-16(26)15(25)9-13)22-27-17-8-6-14(29-38(4,34)35)10-19(17)39(36,37)30-22/h5-10,29,32H,11-12H2,1-4H3,(H,27,30). The van der Waals surface area contributed by atoms with Crippen LogP contribution in [0.4, 0.5) is 15.8 Å². The van der Waals surface area contributed by atoms with Crippen molar-refractivity contribution in [3.63, 3.8) is 0 Å². The molecule has 2 heterocycles. The zero-order valence-electron chi connectivity index (χ0n) is 21.3. The summed E-state index contributed by atoms with van der Waals surface area (Å²) in [5, 5.41) is 15.3. The molecule has 0 bridgehead atoms. The maximum atomic E-state index is 13.7. The fourth-order valence-corrected chi connectivity index (χ4v) is 5.84. The van der Waals surface area contributed by atoms with Gasteiger partial charge in [-0.1, -0.05) is 38.4 Å². The first-order valence-electron chi connectivity index (χ1n) is 11.4. The van der Waals surface area contributed by atoms with Gasteiger partial charge >= 0.3 is 0 Å². The number of halogens is 2. The second-order valence-corrected chi connectivity index (χ2v) is 14.0. The highest BCUT2D eigenvalue weighted by Crippen LogP contribution is 2.33. The number of benzene rings is 2. The van der Waals surface area contributed by atoms with Crippen LogP contribution >= 0.6 is 11.6 Å². The van der Waals surface area contributed by atoms with Crippen molar-refractivity contribution in [2.75, 3.05) is 11.0 Å². The molecular formula is C24H25ClFN5O6S2. The maximum absolute atomic E-state index is 13.7. The van der Waals surface area contributed by atoms with Crippen molar-refractivity contribution >= 4 is 48.9 Å². The smallest absolute Gasteiger partial charge is 0.281 e. The number of aromatic nitrogens is 2. The molecule has 208 valence electrons. The largest absolute Gasteiger partial charge is 0.505 e. The third-order valence-corrected chi connectivity index (χ3v) is 7.73. The van der Waals surface area contributed by atoms with E-state index >= 15 is 0 Å². The number of nitrogens with one attached hydrogen (secondary N) is 2. The van der Waals surface area contributed by atoms with Crippen LogP contribution in [-0.2, 0) is 33.0 Å². The van der Waals surface area contributed by atoms with Crippen LogP contribution in [0.15, 0.2) is 51.1 Å². The Morgan fingerprint density at radius 3 is 2.49 bits per heavy atom. The number of amidine groups is 1. The van der Waals surface area contributed by atoms with Gasteiger partial charge in [-0.05, 0) is 41.3 Å². The summed E-state index contributed by atoms with van der Waals surface area (Å²) in [4.78, 5) is 17.5. The summed E-state index contributed by atoms with van der Waals surface area (Å²) in [5.74, 6) is -1.61. The summed E-state index contributed by atoms with van der Waals surface area (Å²) >= 11 is 5.89. The Morgan fingerprint density at radius 2 is 1.87 bits per heavy atom. The van der Waals surface area contributed by atoms with Gasteiger partial charge < -0.3 is 5.11 Å². The Balaban J connectivity index is 1.90. The van der Waals surface area contributed by atoms with Crippen molar-refractivity contribution in [3.05, 3.63) is 74.4 Å². The zero-order chi connectivity index (χ0) is 28.9. The lowest BCUT2D eigenvalue weighted by Crippen LogP contribution is -2.40. The van der Waals surface area contributed by atoms with Gasteiger partial charge in [0, 0.05) is 12.1 Å². The highest BCUT2D eigenvalue weighted by atomic mass is 35.5. The predicted molar refractivity (Wildman–Crippen MR) is 145 cm³/mol. The maximum Gasteiger partial charge on any atom is 0.281 e. The van der Waals surface area contributed by atoms with E-state index in [1.54, 1.807) is 0 Å². The number of fused-ring (bicyclic) bond motifs is 1. The molecule has 0 unspecified atom stereocenters. The average molecular weight is 598 g/mol. The number of sulfonamides is 2. The SMILES string of the molecule is CC(C)(C)Cc1nn(Cc2ccc(F)c(Cl)c2)c(=O)c(C2=Nc3ccc(NS(C)(=O)=O)cc3S(=O)(=O)N2)c1O. The second-order valence-electron chi connectivity index (χ2n) is 10.2. The number of hydrogen-bond acceptors (Lipinski definition) is 8. The van der Waals surface area contributed by atoms with Crippen molar-refractivity contribution < 1.29 is 26.3 Å². The molecule has 3 aromatic rings. The predicted octanol–water partition coefficient (Wildman–Crippen LogP) is 3.12. The van der Waals surface area contributed by atoms with Crippen molar-refractivity contribution in [2.45, 2.75) is 38.6 Å². The summed E-state index contributed by atoms with van der Waals surface area (Å²) in [6, 6.07) is 7.57. The molecule has 1 aromatic heterocycles. The highest BCUT2D eigenvalue weighted by Gasteiger charge is 2.32. The van der Waals surface area contributed by atoms with Gasteiger partial charge in [0.1, 0.15) is 22.0 Å². The Kier molecular flexibility index (Phi) is 7.25. The summed E-state index contributed by atoms with van der Waals surface area (Å²) in [7, 11) is -8.01. The molecule has 1 aliphatic heterocycles. The lowest BCUT2D eigenvalue weighted by molar-refractivity contribution is 0.377. The van der Waals surface area contributed by atoms with Crippen LogP contribution in [-0.4, -0.2) is 43.8 Å². The van der Waals surface area contributed by atoms with Gasteiger partial charge in [-0.2, -0.15) is 5.10 Å². The van der Waals surface area contributed by atoms with Gasteiger partial charge in [-0.3, -0.25) is 14.2 Å². The van der Waals surface area contributed by atoms with Crippen molar-refractivity contribution in [3.8, 4) is 5.75 Å². The minimum Gasteiger partial charge on any atom is -0.505 e. The molecule has 4 rings (SSSR count). The molecule has 0 saturated carbocycles. The molecule has 0 atom stereocenters. The number of aliphatic imine (C=N–C) groups is 1. The molecule has 11 nitrogen and oxygen atoms in total. The minimum atomic E-state index is -4.34. The van der Waals surface area contributed by atoms with Gasteiger partial charge in [-0.25, -0.2) is 30.9 Å². The van der Waals surface area contributed by atoms with Crippen LogP contribution in [0, 0.1) is 11.2 Å². The average Bonchev–Trinajstić information content (AvgIpc) is 2.78. The van der Waals surface area contributed by atoms with E-state index in [-0.39, 0.29) is 45.4 Å². The fraction of sp³-hybridized carbons (Fsp3) is 0.292. The molecular weight excluding hydrogens is 573 g/mol. The molecule has 2 aromatic carbocycles. The van der Waals surface area contributed by atoms with Gasteiger partial charge in [0.2, 0.25) is 10.0 Å². The first-order valence-corrected chi connectivity index (χ1v) is 15.2. The summed E-state index contributed by atoms with van der Waals surface area (Å²) in [6.45, 7) is 5.52. The fourth-order valence-electron chi connectivity index (χ4n) is 3.90. The van der Waals surface area contributed by atoms with Crippen LogP contribution in [0.5, 0.6) is 5.75 Å². The first kappa shape index (κ1) is 28.5. The Morgan fingerprint density at radius 1 is 1.18 bits per heavy atom. The lowest BCUT2D eigenvalue weighted by atomic mass is 9.90. The molecule has 0 radical (unpaired) electrons. The van der Waals surface area contributed by atoms with Gasteiger partial charge in [-0.15, -0.1) is 0 Å². The van der Waals surface area contributed by atoms with Crippen LogP contribution in [0.1, 0.15) is 37.6 Å². The molecule has 39 heavy (non-hydrogen) atoms. The van der Waals surface area contributed by atoms with Crippen LogP contribution in [0.25, 0.3) is 0 Å². The monoisotopic (exact) mass is 597 g/mol. The highest BCUT2D eigenvalue weighted by molar-refractivity contribution is 7.92. The lowest BCUT2D eigenvalue weighted by Gasteiger charge is -2.22. The van der Waals surface area contributed by atoms with Crippen molar-refractivity contribution in [1.82, 2.24) is 14.5 Å². The Bertz CT molecular complexity index is 1800. The molecule has 0 fully saturated rings. The first-order chi connectivity index (χ1) is 17.9. The molecule has 0 aliphatic carbocycles. The Labute approximate surface area is 229 Å². The van der Waals surface area contributed by atoms with Crippen LogP contribution in [0.2, 0.25) is 5.02 Å². The van der Waals surface area contributed by atoms with E-state index < -0.39 is 48.6 Å². The molecule has 3 N–H and O–H groups in total. The third-order valence-electron chi connectivity index (χ3n) is 5.47. The van der Waals surface area contributed by atoms with Crippen LogP contribution in [0.3, 0.4) is 0 Å². The molecule has 15 heteroatoms. The van der Waals surface area contributed by atoms with Gasteiger partial charge in [0.05, 0.1) is 23.5 Å². The normalized spacial score (nSPS) is 14.8. The molecule has 0 saturated heterocycles. The molecule has 1 aliphatic rings. The number of rotatable bonds is 6. The number of aromatic hydroxyl groups is 1. The number of hydrogen-bond donors (Lipinski definition) is 3. The topological polar surface area (TPSA) is 160 Å². The quantitative estimate of drug-likeness (QED) is 0.393. The van der Waals surface area contributed by atoms with E-state index in [2.05, 4.69) is 19.5 Å². The summed E-state index contributed by atoms with van der Waals surface area (Å²) < 4.78 is 68.5.